The first-order valence-electron chi connectivity index (χ1n) is 5.90. The first-order chi connectivity index (χ1) is 9.78. The molecule has 5 N–H and O–H groups in total. The second-order valence-electron chi connectivity index (χ2n) is 4.38. The Bertz CT molecular complexity index is 794. The van der Waals surface area contributed by atoms with Crippen LogP contribution >= 0.6 is 7.60 Å². The molecule has 0 aliphatic carbocycles. The van der Waals surface area contributed by atoms with Crippen molar-refractivity contribution in [3.05, 3.63) is 40.2 Å². The molecule has 1 aromatic carbocycles. The third-order valence-corrected chi connectivity index (χ3v) is 3.43. The molecule has 112 valence electrons. The Hall–Kier alpha value is -1.99. The Kier molecular flexibility index (Phi) is 4.24. The van der Waals surface area contributed by atoms with Crippen molar-refractivity contribution < 1.29 is 23.6 Å². The van der Waals surface area contributed by atoms with Gasteiger partial charge >= 0.3 is 13.2 Å². The van der Waals surface area contributed by atoms with Crippen LogP contribution in [0.25, 0.3) is 11.0 Å². The van der Waals surface area contributed by atoms with Crippen LogP contribution in [0.15, 0.2) is 33.5 Å². The molecule has 1 amide bonds. The van der Waals surface area contributed by atoms with Crippen LogP contribution in [0.1, 0.15) is 5.56 Å². The van der Waals surface area contributed by atoms with Crippen molar-refractivity contribution in [2.75, 3.05) is 11.9 Å². The highest BCUT2D eigenvalue weighted by atomic mass is 31.2. The summed E-state index contributed by atoms with van der Waals surface area (Å²) in [5.74, 6) is -0.414. The second kappa shape index (κ2) is 5.79. The maximum atomic E-state index is 11.5. The van der Waals surface area contributed by atoms with Crippen LogP contribution in [-0.4, -0.2) is 22.2 Å². The van der Waals surface area contributed by atoms with E-state index in [1.165, 1.54) is 18.2 Å². The van der Waals surface area contributed by atoms with Crippen molar-refractivity contribution in [3.8, 4) is 0 Å². The summed E-state index contributed by atoms with van der Waals surface area (Å²) in [6, 6.07) is 5.47. The number of anilines is 1. The van der Waals surface area contributed by atoms with E-state index in [-0.39, 0.29) is 17.7 Å². The molecule has 21 heavy (non-hydrogen) atoms. The maximum absolute atomic E-state index is 11.5. The number of amides is 1. The van der Waals surface area contributed by atoms with Gasteiger partial charge in [0.15, 0.2) is 0 Å². The molecule has 0 saturated carbocycles. The van der Waals surface area contributed by atoms with E-state index >= 15 is 0 Å². The topological polar surface area (TPSA) is 143 Å². The lowest BCUT2D eigenvalue weighted by Gasteiger charge is -2.08. The Morgan fingerprint density at radius 2 is 2.05 bits per heavy atom. The molecule has 2 aromatic rings. The van der Waals surface area contributed by atoms with Gasteiger partial charge in [0, 0.05) is 23.2 Å². The van der Waals surface area contributed by atoms with Gasteiger partial charge in [0.05, 0.1) is 12.7 Å². The number of carbonyl (C=O) groups is 1. The van der Waals surface area contributed by atoms with Crippen molar-refractivity contribution in [1.82, 2.24) is 0 Å². The predicted octanol–water partition coefficient (Wildman–Crippen LogP) is 0.368. The van der Waals surface area contributed by atoms with Gasteiger partial charge < -0.3 is 25.3 Å². The summed E-state index contributed by atoms with van der Waals surface area (Å²) >= 11 is 0. The lowest BCUT2D eigenvalue weighted by Crippen LogP contribution is -2.21. The molecule has 0 atom stereocenters. The van der Waals surface area contributed by atoms with Crippen molar-refractivity contribution in [3.63, 3.8) is 0 Å². The molecular weight excluding hydrogens is 299 g/mol. The van der Waals surface area contributed by atoms with E-state index in [9.17, 15) is 14.2 Å². The molecule has 2 rings (SSSR count). The zero-order valence-electron chi connectivity index (χ0n) is 10.8. The van der Waals surface area contributed by atoms with E-state index in [0.29, 0.717) is 11.1 Å². The van der Waals surface area contributed by atoms with Crippen LogP contribution in [0.2, 0.25) is 0 Å². The first-order valence-corrected chi connectivity index (χ1v) is 7.69. The molecule has 8 nitrogen and oxygen atoms in total. The third kappa shape index (κ3) is 3.99. The molecule has 0 unspecified atom stereocenters. The summed E-state index contributed by atoms with van der Waals surface area (Å²) in [6.45, 7) is -0.194. The number of nitrogens with two attached hydrogens (primary N) is 1. The quantitative estimate of drug-likeness (QED) is 0.471. The molecule has 0 aliphatic rings. The van der Waals surface area contributed by atoms with Crippen LogP contribution in [-0.2, 0) is 15.5 Å². The molecule has 0 radical (unpaired) electrons. The van der Waals surface area contributed by atoms with E-state index in [2.05, 4.69) is 5.32 Å². The molecule has 9 heteroatoms. The fourth-order valence-corrected chi connectivity index (χ4v) is 2.58. The van der Waals surface area contributed by atoms with Gasteiger partial charge in [-0.05, 0) is 17.7 Å². The molecule has 1 aromatic heterocycles. The smallest absolute Gasteiger partial charge is 0.336 e. The number of hydrogen-bond acceptors (Lipinski definition) is 5. The Balaban J connectivity index is 2.51. The van der Waals surface area contributed by atoms with Crippen molar-refractivity contribution in [2.45, 2.75) is 6.16 Å². The lowest BCUT2D eigenvalue weighted by atomic mass is 10.1. The van der Waals surface area contributed by atoms with Crippen molar-refractivity contribution in [1.29, 1.82) is 0 Å². The fourth-order valence-electron chi connectivity index (χ4n) is 1.87. The standard InChI is InChI=1S/C12H13N2O6P/c13-5-11(15)14-8-1-2-9-7(6-21(17,18)19)3-12(16)20-10(9)4-8/h1-4H,5-6,13H2,(H,14,15)(H2,17,18,19). The highest BCUT2D eigenvalue weighted by molar-refractivity contribution is 7.50. The summed E-state index contributed by atoms with van der Waals surface area (Å²) in [4.78, 5) is 40.7. The Morgan fingerprint density at radius 1 is 1.33 bits per heavy atom. The highest BCUT2D eigenvalue weighted by Crippen LogP contribution is 2.40. The van der Waals surface area contributed by atoms with E-state index in [0.717, 1.165) is 6.07 Å². The molecule has 1 heterocycles. The van der Waals surface area contributed by atoms with Crippen LogP contribution in [0.3, 0.4) is 0 Å². The molecule has 0 bridgehead atoms. The average Bonchev–Trinajstić information content (AvgIpc) is 2.36. The minimum atomic E-state index is -4.32. The van der Waals surface area contributed by atoms with Gasteiger partial charge in [0.1, 0.15) is 5.58 Å². The summed E-state index contributed by atoms with van der Waals surface area (Å²) in [6.07, 6.45) is -0.566. The van der Waals surface area contributed by atoms with E-state index < -0.39 is 25.3 Å². The van der Waals surface area contributed by atoms with Crippen LogP contribution in [0, 0.1) is 0 Å². The van der Waals surface area contributed by atoms with Gasteiger partial charge in [-0.3, -0.25) is 9.36 Å². The highest BCUT2D eigenvalue weighted by Gasteiger charge is 2.17. The largest absolute Gasteiger partial charge is 0.423 e. The zero-order valence-corrected chi connectivity index (χ0v) is 11.7. The minimum absolute atomic E-state index is 0.126. The number of benzene rings is 1. The van der Waals surface area contributed by atoms with Crippen LogP contribution < -0.4 is 16.7 Å². The minimum Gasteiger partial charge on any atom is -0.423 e. The normalized spacial score (nSPS) is 11.6. The SMILES string of the molecule is NCC(=O)Nc1ccc2c(CP(=O)(O)O)cc(=O)oc2c1. The average molecular weight is 312 g/mol. The summed E-state index contributed by atoms with van der Waals surface area (Å²) in [5, 5.41) is 2.88. The number of carbonyl (C=O) groups excluding carboxylic acids is 1. The number of nitrogens with one attached hydrogen (secondary N) is 1. The monoisotopic (exact) mass is 312 g/mol. The van der Waals surface area contributed by atoms with Crippen molar-refractivity contribution in [2.24, 2.45) is 5.73 Å². The summed E-state index contributed by atoms with van der Waals surface area (Å²) in [7, 11) is -4.32. The second-order valence-corrected chi connectivity index (χ2v) is 6.02. The first kappa shape index (κ1) is 15.4. The molecular formula is C12H13N2O6P. The van der Waals surface area contributed by atoms with Crippen LogP contribution in [0.5, 0.6) is 0 Å². The summed E-state index contributed by atoms with van der Waals surface area (Å²) in [5.41, 5.74) is 5.13. The van der Waals surface area contributed by atoms with E-state index in [4.69, 9.17) is 19.9 Å². The van der Waals surface area contributed by atoms with Crippen LogP contribution in [0.4, 0.5) is 5.69 Å². The van der Waals surface area contributed by atoms with E-state index in [1.807, 2.05) is 0 Å². The number of rotatable bonds is 4. The third-order valence-electron chi connectivity index (χ3n) is 2.68. The number of hydrogen-bond donors (Lipinski definition) is 4. The van der Waals surface area contributed by atoms with Crippen molar-refractivity contribution >= 4 is 30.2 Å². The Labute approximate surface area is 118 Å². The fraction of sp³-hybridized carbons (Fsp3) is 0.167. The molecule has 0 aliphatic heterocycles. The molecule has 0 spiro atoms. The van der Waals surface area contributed by atoms with Gasteiger partial charge in [-0.2, -0.15) is 0 Å². The van der Waals surface area contributed by atoms with E-state index in [1.54, 1.807) is 0 Å². The molecule has 0 fully saturated rings. The van der Waals surface area contributed by atoms with Gasteiger partial charge in [0.25, 0.3) is 0 Å². The van der Waals surface area contributed by atoms with Gasteiger partial charge in [-0.25, -0.2) is 4.79 Å². The maximum Gasteiger partial charge on any atom is 0.336 e. The lowest BCUT2D eigenvalue weighted by molar-refractivity contribution is -0.114. The predicted molar refractivity (Wildman–Crippen MR) is 75.9 cm³/mol. The zero-order chi connectivity index (χ0) is 15.6. The van der Waals surface area contributed by atoms with Gasteiger partial charge in [-0.15, -0.1) is 0 Å². The Morgan fingerprint density at radius 3 is 2.67 bits per heavy atom. The van der Waals surface area contributed by atoms with Gasteiger partial charge in [-0.1, -0.05) is 0 Å². The molecule has 0 saturated heterocycles. The van der Waals surface area contributed by atoms with Gasteiger partial charge in [0.2, 0.25) is 5.91 Å². The summed E-state index contributed by atoms with van der Waals surface area (Å²) < 4.78 is 16.1. The number of fused-ring (bicyclic) bond motifs is 1.